The summed E-state index contributed by atoms with van der Waals surface area (Å²) in [4.78, 5) is 18.9. The molecule has 0 radical (unpaired) electrons. The number of anilines is 1. The molecule has 1 aliphatic carbocycles. The number of piperazine rings is 1. The first kappa shape index (κ1) is 30.7. The minimum Gasteiger partial charge on any atom is -0.496 e. The highest BCUT2D eigenvalue weighted by Gasteiger charge is 2.41. The summed E-state index contributed by atoms with van der Waals surface area (Å²) in [5, 5.41) is 8.12. The van der Waals surface area contributed by atoms with Gasteiger partial charge in [-0.2, -0.15) is 0 Å². The third-order valence-electron chi connectivity index (χ3n) is 9.51. The lowest BCUT2D eigenvalue weighted by molar-refractivity contribution is -0.128. The summed E-state index contributed by atoms with van der Waals surface area (Å²) in [6, 6.07) is 21.9. The van der Waals surface area contributed by atoms with Crippen LogP contribution in [0, 0.1) is 13.8 Å². The van der Waals surface area contributed by atoms with Crippen LogP contribution < -0.4 is 20.3 Å². The zero-order valence-corrected chi connectivity index (χ0v) is 27.2. The summed E-state index contributed by atoms with van der Waals surface area (Å²) in [6.45, 7) is 7.42. The molecule has 2 fully saturated rings. The van der Waals surface area contributed by atoms with E-state index in [-0.39, 0.29) is 11.9 Å². The molecule has 3 aromatic rings. The number of nitrogens with zero attached hydrogens (tertiary/aromatic N) is 2. The molecule has 232 valence electrons. The predicted octanol–water partition coefficient (Wildman–Crippen LogP) is 6.31. The Bertz CT molecular complexity index is 1530. The number of rotatable bonds is 11. The first-order valence-corrected chi connectivity index (χ1v) is 16.4. The SMILES string of the molecule is COc1cccc(CN(C(=O)C2=C(c3ccc(CCCN(C)c4cc(C)ccc4Cl)cc3)C[C@H]3CNC[C@H]2N3)C2CC2)c1C. The van der Waals surface area contributed by atoms with Crippen LogP contribution in [0.5, 0.6) is 5.75 Å². The van der Waals surface area contributed by atoms with Crippen molar-refractivity contribution in [3.63, 3.8) is 0 Å². The summed E-state index contributed by atoms with van der Waals surface area (Å²) >= 11 is 6.46. The molecule has 3 aliphatic rings. The number of benzene rings is 3. The number of aryl methyl sites for hydroxylation is 2. The lowest BCUT2D eigenvalue weighted by Gasteiger charge is -2.41. The van der Waals surface area contributed by atoms with Crippen molar-refractivity contribution in [2.75, 3.05) is 38.7 Å². The minimum absolute atomic E-state index is 0.0151. The van der Waals surface area contributed by atoms with Gasteiger partial charge in [-0.15, -0.1) is 0 Å². The van der Waals surface area contributed by atoms with Crippen molar-refractivity contribution < 1.29 is 9.53 Å². The Balaban J connectivity index is 1.21. The van der Waals surface area contributed by atoms with Gasteiger partial charge in [-0.05, 0) is 97.5 Å². The van der Waals surface area contributed by atoms with Crippen LogP contribution in [0.1, 0.15) is 53.5 Å². The lowest BCUT2D eigenvalue weighted by Crippen LogP contribution is -2.60. The molecule has 1 saturated heterocycles. The topological polar surface area (TPSA) is 56.8 Å². The van der Waals surface area contributed by atoms with Crippen LogP contribution >= 0.6 is 11.6 Å². The lowest BCUT2D eigenvalue weighted by atomic mass is 9.83. The maximum atomic E-state index is 14.5. The molecule has 2 N–H and O–H groups in total. The van der Waals surface area contributed by atoms with E-state index < -0.39 is 0 Å². The molecule has 2 atom stereocenters. The number of carbonyl (C=O) groups excluding carboxylic acids is 1. The monoisotopic (exact) mass is 612 g/mol. The van der Waals surface area contributed by atoms with Crippen molar-refractivity contribution in [1.82, 2.24) is 15.5 Å². The molecular formula is C37H45ClN4O2. The van der Waals surface area contributed by atoms with Gasteiger partial charge in [-0.25, -0.2) is 0 Å². The van der Waals surface area contributed by atoms with Gasteiger partial charge in [0.1, 0.15) is 5.75 Å². The average Bonchev–Trinajstić information content (AvgIpc) is 3.87. The number of hydrogen-bond donors (Lipinski definition) is 2. The van der Waals surface area contributed by atoms with Crippen LogP contribution in [0.15, 0.2) is 66.2 Å². The molecule has 0 aromatic heterocycles. The molecule has 0 spiro atoms. The van der Waals surface area contributed by atoms with E-state index in [0.29, 0.717) is 18.6 Å². The largest absolute Gasteiger partial charge is 0.496 e. The maximum absolute atomic E-state index is 14.5. The number of nitrogens with one attached hydrogen (secondary N) is 2. The van der Waals surface area contributed by atoms with Gasteiger partial charge in [0.15, 0.2) is 0 Å². The van der Waals surface area contributed by atoms with Crippen molar-refractivity contribution >= 4 is 28.8 Å². The smallest absolute Gasteiger partial charge is 0.252 e. The molecule has 1 amide bonds. The third-order valence-corrected chi connectivity index (χ3v) is 9.83. The van der Waals surface area contributed by atoms with Gasteiger partial charge in [0.05, 0.1) is 23.9 Å². The molecule has 44 heavy (non-hydrogen) atoms. The Morgan fingerprint density at radius 3 is 2.59 bits per heavy atom. The van der Waals surface area contributed by atoms with Gasteiger partial charge in [0.2, 0.25) is 0 Å². The van der Waals surface area contributed by atoms with Crippen LogP contribution in [0.2, 0.25) is 5.02 Å². The van der Waals surface area contributed by atoms with Crippen molar-refractivity contribution in [2.45, 2.75) is 70.6 Å². The Labute approximate surface area is 267 Å². The van der Waals surface area contributed by atoms with Gasteiger partial charge in [0, 0.05) is 50.9 Å². The normalized spacial score (nSPS) is 19.6. The Morgan fingerprint density at radius 2 is 1.84 bits per heavy atom. The molecule has 2 bridgehead atoms. The van der Waals surface area contributed by atoms with Crippen LogP contribution in [0.3, 0.4) is 0 Å². The minimum atomic E-state index is 0.0151. The molecule has 0 unspecified atom stereocenters. The van der Waals surface area contributed by atoms with E-state index in [2.05, 4.69) is 77.7 Å². The van der Waals surface area contributed by atoms with Gasteiger partial charge < -0.3 is 25.2 Å². The van der Waals surface area contributed by atoms with Crippen LogP contribution in [-0.2, 0) is 17.8 Å². The first-order chi connectivity index (χ1) is 21.3. The summed E-state index contributed by atoms with van der Waals surface area (Å²) in [7, 11) is 3.82. The van der Waals surface area contributed by atoms with Gasteiger partial charge >= 0.3 is 0 Å². The van der Waals surface area contributed by atoms with E-state index in [9.17, 15) is 4.79 Å². The van der Waals surface area contributed by atoms with Crippen molar-refractivity contribution in [2.24, 2.45) is 0 Å². The fourth-order valence-corrected chi connectivity index (χ4v) is 7.07. The Kier molecular flexibility index (Phi) is 9.31. The molecule has 2 aliphatic heterocycles. The van der Waals surface area contributed by atoms with Gasteiger partial charge in [0.25, 0.3) is 5.91 Å². The fraction of sp³-hybridized carbons (Fsp3) is 0.432. The highest BCUT2D eigenvalue weighted by atomic mass is 35.5. The molecule has 6 nitrogen and oxygen atoms in total. The molecule has 2 heterocycles. The fourth-order valence-electron chi connectivity index (χ4n) is 6.81. The number of methoxy groups -OCH3 is 1. The molecule has 6 rings (SSSR count). The van der Waals surface area contributed by atoms with Crippen LogP contribution in [0.4, 0.5) is 5.69 Å². The summed E-state index contributed by atoms with van der Waals surface area (Å²) in [6.07, 6.45) is 5.01. The maximum Gasteiger partial charge on any atom is 0.252 e. The second kappa shape index (κ2) is 13.4. The van der Waals surface area contributed by atoms with Crippen LogP contribution in [-0.4, -0.2) is 62.7 Å². The van der Waals surface area contributed by atoms with E-state index in [1.807, 2.05) is 24.3 Å². The van der Waals surface area contributed by atoms with Crippen molar-refractivity contribution in [1.29, 1.82) is 0 Å². The Morgan fingerprint density at radius 1 is 1.05 bits per heavy atom. The first-order valence-electron chi connectivity index (χ1n) is 16.0. The summed E-state index contributed by atoms with van der Waals surface area (Å²) < 4.78 is 5.59. The highest BCUT2D eigenvalue weighted by Crippen LogP contribution is 2.37. The highest BCUT2D eigenvalue weighted by molar-refractivity contribution is 6.33. The van der Waals surface area contributed by atoms with E-state index in [1.54, 1.807) is 7.11 Å². The zero-order valence-electron chi connectivity index (χ0n) is 26.5. The Hall–Kier alpha value is -3.32. The predicted molar refractivity (Wildman–Crippen MR) is 181 cm³/mol. The number of halogens is 1. The summed E-state index contributed by atoms with van der Waals surface area (Å²) in [5.41, 5.74) is 9.18. The zero-order chi connectivity index (χ0) is 30.8. The van der Waals surface area contributed by atoms with E-state index in [0.717, 1.165) is 84.9 Å². The molecule has 3 aromatic carbocycles. The second-order valence-electron chi connectivity index (χ2n) is 12.8. The third kappa shape index (κ3) is 6.68. The van der Waals surface area contributed by atoms with Gasteiger partial charge in [-0.1, -0.05) is 54.1 Å². The number of ether oxygens (including phenoxy) is 1. The number of carbonyl (C=O) groups is 1. The quantitative estimate of drug-likeness (QED) is 0.266. The molecule has 1 saturated carbocycles. The van der Waals surface area contributed by atoms with E-state index in [4.69, 9.17) is 16.3 Å². The van der Waals surface area contributed by atoms with E-state index in [1.165, 1.54) is 22.3 Å². The van der Waals surface area contributed by atoms with Gasteiger partial charge in [-0.3, -0.25) is 4.79 Å². The molecule has 7 heteroatoms. The number of fused-ring (bicyclic) bond motifs is 2. The van der Waals surface area contributed by atoms with Crippen molar-refractivity contribution in [3.8, 4) is 5.75 Å². The number of amides is 1. The van der Waals surface area contributed by atoms with E-state index >= 15 is 0 Å². The van der Waals surface area contributed by atoms with Crippen LogP contribution in [0.25, 0.3) is 5.57 Å². The number of hydrogen-bond acceptors (Lipinski definition) is 5. The standard InChI is InChI=1S/C37H45ClN4O2/c1-24-10-17-32(38)34(19-24)41(3)18-6-7-26-11-13-27(14-12-26)31-20-29-21-39-22-33(40-29)36(31)37(43)42(30-15-16-30)23-28-8-5-9-35(44-4)25(28)2/h5,8-14,17,19,29-30,33,39-40H,6-7,15-16,18,20-23H2,1-4H3/t29-,33+/m0/s1. The molecular weight excluding hydrogens is 568 g/mol. The summed E-state index contributed by atoms with van der Waals surface area (Å²) in [5.74, 6) is 1.04. The average molecular weight is 613 g/mol. The van der Waals surface area contributed by atoms with Crippen molar-refractivity contribution in [3.05, 3.63) is 99.1 Å². The second-order valence-corrected chi connectivity index (χ2v) is 13.2.